The van der Waals surface area contributed by atoms with Gasteiger partial charge in [0.2, 0.25) is 0 Å². The van der Waals surface area contributed by atoms with Crippen molar-refractivity contribution in [3.05, 3.63) is 29.8 Å². The predicted octanol–water partition coefficient (Wildman–Crippen LogP) is 4.35. The average Bonchev–Trinajstić information content (AvgIpc) is 2.59. The third-order valence-electron chi connectivity index (χ3n) is 3.48. The van der Waals surface area contributed by atoms with Crippen LogP contribution in [0.15, 0.2) is 18.2 Å². The van der Waals surface area contributed by atoms with Crippen molar-refractivity contribution >= 4 is 5.69 Å². The first-order chi connectivity index (χ1) is 8.25. The smallest absolute Gasteiger partial charge is 0.146 e. The molecule has 2 rings (SSSR count). The van der Waals surface area contributed by atoms with E-state index in [1.54, 1.807) is 0 Å². The highest BCUT2D eigenvalue weighted by molar-refractivity contribution is 5.44. The predicted molar refractivity (Wildman–Crippen MR) is 66.0 cm³/mol. The Bertz CT molecular complexity index is 357. The largest absolute Gasteiger partial charge is 0.382 e. The van der Waals surface area contributed by atoms with Crippen molar-refractivity contribution in [3.8, 4) is 0 Å². The maximum absolute atomic E-state index is 13.4. The first-order valence-electron chi connectivity index (χ1n) is 6.44. The Morgan fingerprint density at radius 1 is 1.06 bits per heavy atom. The minimum Gasteiger partial charge on any atom is -0.382 e. The Morgan fingerprint density at radius 3 is 2.47 bits per heavy atom. The van der Waals surface area contributed by atoms with Gasteiger partial charge in [-0.1, -0.05) is 25.7 Å². The maximum atomic E-state index is 13.4. The molecule has 0 unspecified atom stereocenters. The molecule has 94 valence electrons. The topological polar surface area (TPSA) is 12.0 Å². The zero-order valence-electron chi connectivity index (χ0n) is 10.0. The van der Waals surface area contributed by atoms with Gasteiger partial charge in [0.15, 0.2) is 0 Å². The number of hydrogen-bond donors (Lipinski definition) is 1. The molecule has 0 radical (unpaired) electrons. The molecule has 1 saturated carbocycles. The summed E-state index contributed by atoms with van der Waals surface area (Å²) in [6.07, 6.45) is 7.54. The van der Waals surface area contributed by atoms with Gasteiger partial charge in [-0.05, 0) is 37.0 Å². The summed E-state index contributed by atoms with van der Waals surface area (Å²) >= 11 is 0. The van der Waals surface area contributed by atoms with Gasteiger partial charge in [-0.2, -0.15) is 0 Å². The normalized spacial score (nSPS) is 17.8. The van der Waals surface area contributed by atoms with Crippen LogP contribution >= 0.6 is 0 Å². The van der Waals surface area contributed by atoms with Crippen LogP contribution in [0.2, 0.25) is 0 Å². The third kappa shape index (κ3) is 3.69. The van der Waals surface area contributed by atoms with Crippen molar-refractivity contribution in [2.45, 2.75) is 38.5 Å². The zero-order chi connectivity index (χ0) is 12.1. The van der Waals surface area contributed by atoms with E-state index in [4.69, 9.17) is 0 Å². The molecule has 0 bridgehead atoms. The summed E-state index contributed by atoms with van der Waals surface area (Å²) in [5.41, 5.74) is 0.286. The third-order valence-corrected chi connectivity index (χ3v) is 3.48. The minimum absolute atomic E-state index is 0.286. The van der Waals surface area contributed by atoms with Crippen LogP contribution in [0, 0.1) is 17.6 Å². The van der Waals surface area contributed by atoms with Gasteiger partial charge < -0.3 is 5.32 Å². The molecule has 0 aromatic heterocycles. The SMILES string of the molecule is Fc1ccc(F)c(NCC2CCCCCC2)c1. The number of halogens is 2. The van der Waals surface area contributed by atoms with Crippen LogP contribution < -0.4 is 5.32 Å². The number of hydrogen-bond acceptors (Lipinski definition) is 1. The van der Waals surface area contributed by atoms with Gasteiger partial charge in [0.1, 0.15) is 11.6 Å². The highest BCUT2D eigenvalue weighted by Gasteiger charge is 2.12. The van der Waals surface area contributed by atoms with Crippen molar-refractivity contribution in [2.75, 3.05) is 11.9 Å². The van der Waals surface area contributed by atoms with Crippen LogP contribution in [0.25, 0.3) is 0 Å². The summed E-state index contributed by atoms with van der Waals surface area (Å²) in [6.45, 7) is 0.750. The average molecular weight is 239 g/mol. The van der Waals surface area contributed by atoms with Gasteiger partial charge in [0.05, 0.1) is 5.69 Å². The van der Waals surface area contributed by atoms with Crippen molar-refractivity contribution in [1.29, 1.82) is 0 Å². The summed E-state index contributed by atoms with van der Waals surface area (Å²) in [7, 11) is 0. The number of anilines is 1. The molecule has 0 saturated heterocycles. The van der Waals surface area contributed by atoms with E-state index in [1.807, 2.05) is 0 Å². The van der Waals surface area contributed by atoms with Gasteiger partial charge in [0.25, 0.3) is 0 Å². The summed E-state index contributed by atoms with van der Waals surface area (Å²) in [5, 5.41) is 3.04. The van der Waals surface area contributed by atoms with E-state index in [9.17, 15) is 8.78 Å². The molecule has 17 heavy (non-hydrogen) atoms. The van der Waals surface area contributed by atoms with Crippen molar-refractivity contribution in [2.24, 2.45) is 5.92 Å². The number of rotatable bonds is 3. The second-order valence-electron chi connectivity index (χ2n) is 4.86. The van der Waals surface area contributed by atoms with Gasteiger partial charge >= 0.3 is 0 Å². The minimum atomic E-state index is -0.394. The van der Waals surface area contributed by atoms with Crippen molar-refractivity contribution < 1.29 is 8.78 Å². The van der Waals surface area contributed by atoms with Gasteiger partial charge in [-0.3, -0.25) is 0 Å². The number of nitrogens with one attached hydrogen (secondary N) is 1. The fourth-order valence-electron chi connectivity index (χ4n) is 2.46. The standard InChI is InChI=1S/C14H19F2N/c15-12-7-8-13(16)14(9-12)17-10-11-5-3-1-2-4-6-11/h7-9,11,17H,1-6,10H2. The molecule has 0 atom stereocenters. The first kappa shape index (κ1) is 12.3. The van der Waals surface area contributed by atoms with Gasteiger partial charge in [0, 0.05) is 6.54 Å². The second-order valence-corrected chi connectivity index (χ2v) is 4.86. The van der Waals surface area contributed by atoms with Crippen molar-refractivity contribution in [3.63, 3.8) is 0 Å². The molecule has 3 heteroatoms. The van der Waals surface area contributed by atoms with Crippen LogP contribution in [0.1, 0.15) is 38.5 Å². The van der Waals surface area contributed by atoms with E-state index in [0.717, 1.165) is 12.6 Å². The zero-order valence-corrected chi connectivity index (χ0v) is 10.0. The molecule has 1 N–H and O–H groups in total. The Kier molecular flexibility index (Phi) is 4.35. The summed E-state index contributed by atoms with van der Waals surface area (Å²) in [4.78, 5) is 0. The highest BCUT2D eigenvalue weighted by Crippen LogP contribution is 2.24. The Morgan fingerprint density at radius 2 is 1.76 bits per heavy atom. The lowest BCUT2D eigenvalue weighted by Crippen LogP contribution is -2.14. The molecule has 1 aromatic rings. The number of benzene rings is 1. The Labute approximate surface area is 101 Å². The van der Waals surface area contributed by atoms with E-state index in [1.165, 1.54) is 50.7 Å². The molecule has 0 spiro atoms. The molecule has 0 heterocycles. The monoisotopic (exact) mass is 239 g/mol. The van der Waals surface area contributed by atoms with Crippen molar-refractivity contribution in [1.82, 2.24) is 0 Å². The molecule has 1 aliphatic carbocycles. The van der Waals surface area contributed by atoms with Gasteiger partial charge in [-0.25, -0.2) is 8.78 Å². The Balaban J connectivity index is 1.89. The fraction of sp³-hybridized carbons (Fsp3) is 0.571. The van der Waals surface area contributed by atoms with Gasteiger partial charge in [-0.15, -0.1) is 0 Å². The lowest BCUT2D eigenvalue weighted by molar-refractivity contribution is 0.482. The quantitative estimate of drug-likeness (QED) is 0.773. The molecule has 1 fully saturated rings. The second kappa shape index (κ2) is 5.99. The first-order valence-corrected chi connectivity index (χ1v) is 6.44. The van der Waals surface area contributed by atoms with E-state index in [2.05, 4.69) is 5.32 Å². The van der Waals surface area contributed by atoms with E-state index < -0.39 is 5.82 Å². The fourth-order valence-corrected chi connectivity index (χ4v) is 2.46. The van der Waals surface area contributed by atoms with Crippen LogP contribution in [-0.2, 0) is 0 Å². The van der Waals surface area contributed by atoms with Crippen LogP contribution in [0.4, 0.5) is 14.5 Å². The van der Waals surface area contributed by atoms with E-state index in [-0.39, 0.29) is 11.5 Å². The lowest BCUT2D eigenvalue weighted by atomic mass is 10.0. The lowest BCUT2D eigenvalue weighted by Gasteiger charge is -2.16. The molecule has 0 amide bonds. The summed E-state index contributed by atoms with van der Waals surface area (Å²) < 4.78 is 26.3. The molecule has 1 nitrogen and oxygen atoms in total. The Hall–Kier alpha value is -1.12. The van der Waals surface area contributed by atoms with E-state index in [0.29, 0.717) is 5.92 Å². The summed E-state index contributed by atoms with van der Waals surface area (Å²) in [6, 6.07) is 3.54. The van der Waals surface area contributed by atoms with Crippen LogP contribution in [0.3, 0.4) is 0 Å². The molecule has 1 aromatic carbocycles. The summed E-state index contributed by atoms with van der Waals surface area (Å²) in [5.74, 6) is -0.171. The van der Waals surface area contributed by atoms with Crippen LogP contribution in [-0.4, -0.2) is 6.54 Å². The molecule has 1 aliphatic rings. The molecule has 0 aliphatic heterocycles. The van der Waals surface area contributed by atoms with E-state index >= 15 is 0 Å². The van der Waals surface area contributed by atoms with Crippen LogP contribution in [0.5, 0.6) is 0 Å². The molecular formula is C14H19F2N. The molecular weight excluding hydrogens is 220 g/mol. The highest BCUT2D eigenvalue weighted by atomic mass is 19.1. The maximum Gasteiger partial charge on any atom is 0.146 e.